The quantitative estimate of drug-likeness (QED) is 0.117. The Hall–Kier alpha value is -4.26. The van der Waals surface area contributed by atoms with E-state index in [1.165, 1.54) is 16.7 Å². The number of aliphatic imine (C=N–C) groups is 1. The van der Waals surface area contributed by atoms with E-state index in [1.807, 2.05) is 49.4 Å². The standard InChI is InChI=1S/C36H34N2S/c1-4-30(16-12-11-14-29-15-13-21-34(26-29)32-22-24-35(39)25-23-32)27(2)37-36(33-19-9-6-10-20-33)38-28(3)31-17-7-5-8-18-31/h1,6-7,9-13,15-26,36-37,39H,2,5,8,14H2,3H3/b12-11-,30-16+,38-28+. The Labute approximate surface area is 238 Å². The molecule has 1 atom stereocenters. The molecule has 1 N–H and O–H groups in total. The van der Waals surface area contributed by atoms with Crippen LogP contribution < -0.4 is 5.32 Å². The fraction of sp³-hybridized carbons (Fsp3) is 0.139. The monoisotopic (exact) mass is 526 g/mol. The zero-order valence-electron chi connectivity index (χ0n) is 22.3. The summed E-state index contributed by atoms with van der Waals surface area (Å²) in [5.41, 5.74) is 8.14. The molecular formula is C36H34N2S. The summed E-state index contributed by atoms with van der Waals surface area (Å²) in [7, 11) is 0. The lowest BCUT2D eigenvalue weighted by Gasteiger charge is -2.20. The predicted molar refractivity (Wildman–Crippen MR) is 170 cm³/mol. The lowest BCUT2D eigenvalue weighted by Crippen LogP contribution is -2.21. The van der Waals surface area contributed by atoms with Crippen LogP contribution in [0.1, 0.15) is 37.1 Å². The van der Waals surface area contributed by atoms with E-state index >= 15 is 0 Å². The Morgan fingerprint density at radius 2 is 1.85 bits per heavy atom. The molecule has 194 valence electrons. The molecule has 3 aromatic rings. The van der Waals surface area contributed by atoms with Crippen molar-refractivity contribution in [1.29, 1.82) is 0 Å². The van der Waals surface area contributed by atoms with E-state index in [-0.39, 0.29) is 6.17 Å². The number of hydrogen-bond acceptors (Lipinski definition) is 3. The molecule has 0 bridgehead atoms. The molecule has 3 heteroatoms. The Bertz CT molecular complexity index is 1480. The highest BCUT2D eigenvalue weighted by atomic mass is 32.1. The van der Waals surface area contributed by atoms with Crippen molar-refractivity contribution in [3.05, 3.63) is 150 Å². The third kappa shape index (κ3) is 8.11. The van der Waals surface area contributed by atoms with Crippen molar-refractivity contribution in [2.45, 2.75) is 37.2 Å². The van der Waals surface area contributed by atoms with E-state index in [0.717, 1.165) is 41.0 Å². The topological polar surface area (TPSA) is 24.4 Å². The molecule has 0 spiro atoms. The maximum absolute atomic E-state index is 5.88. The fourth-order valence-electron chi connectivity index (χ4n) is 4.35. The van der Waals surface area contributed by atoms with Gasteiger partial charge in [0.25, 0.3) is 0 Å². The van der Waals surface area contributed by atoms with Crippen molar-refractivity contribution in [2.24, 2.45) is 4.99 Å². The molecule has 1 aliphatic carbocycles. The number of nitrogens with one attached hydrogen (secondary N) is 1. The lowest BCUT2D eigenvalue weighted by atomic mass is 10.0. The molecule has 0 radical (unpaired) electrons. The second-order valence-corrected chi connectivity index (χ2v) is 9.91. The van der Waals surface area contributed by atoms with Crippen molar-refractivity contribution in [3.8, 4) is 23.5 Å². The molecule has 0 aliphatic heterocycles. The molecule has 0 fully saturated rings. The van der Waals surface area contributed by atoms with Crippen molar-refractivity contribution in [3.63, 3.8) is 0 Å². The number of benzene rings is 3. The average Bonchev–Trinajstić information content (AvgIpc) is 2.98. The van der Waals surface area contributed by atoms with Gasteiger partial charge in [0.05, 0.1) is 0 Å². The Morgan fingerprint density at radius 3 is 2.56 bits per heavy atom. The van der Waals surface area contributed by atoms with Crippen LogP contribution in [0.25, 0.3) is 11.1 Å². The van der Waals surface area contributed by atoms with E-state index < -0.39 is 0 Å². The SMILES string of the molecule is C#C/C(=C\C=C/Cc1cccc(-c2ccc(S)cc2)c1)C(=C)NC(/N=C(\C)C1=CCCC=C1)c1ccccc1. The molecule has 3 aromatic carbocycles. The van der Waals surface area contributed by atoms with Gasteiger partial charge in [-0.2, -0.15) is 0 Å². The van der Waals surface area contributed by atoms with E-state index in [9.17, 15) is 0 Å². The van der Waals surface area contributed by atoms with Gasteiger partial charge in [-0.3, -0.25) is 4.99 Å². The molecule has 0 saturated heterocycles. The van der Waals surface area contributed by atoms with Crippen LogP contribution in [-0.4, -0.2) is 5.71 Å². The first-order valence-corrected chi connectivity index (χ1v) is 13.6. The van der Waals surface area contributed by atoms with E-state index in [2.05, 4.69) is 103 Å². The Balaban J connectivity index is 1.45. The summed E-state index contributed by atoms with van der Waals surface area (Å²) in [5.74, 6) is 2.78. The minimum absolute atomic E-state index is 0.296. The second-order valence-electron chi connectivity index (χ2n) is 9.39. The molecule has 0 saturated carbocycles. The van der Waals surface area contributed by atoms with Gasteiger partial charge in [-0.25, -0.2) is 0 Å². The van der Waals surface area contributed by atoms with Crippen LogP contribution >= 0.6 is 12.6 Å². The van der Waals surface area contributed by atoms with Crippen molar-refractivity contribution >= 4 is 18.3 Å². The van der Waals surface area contributed by atoms with Crippen LogP contribution in [0.4, 0.5) is 0 Å². The number of allylic oxidation sites excluding steroid dienone is 8. The first-order valence-electron chi connectivity index (χ1n) is 13.2. The molecular weight excluding hydrogens is 492 g/mol. The van der Waals surface area contributed by atoms with Crippen LogP contribution in [0.5, 0.6) is 0 Å². The molecule has 0 amide bonds. The van der Waals surface area contributed by atoms with E-state index in [1.54, 1.807) is 0 Å². The maximum atomic E-state index is 5.88. The zero-order valence-corrected chi connectivity index (χ0v) is 23.2. The first-order chi connectivity index (χ1) is 19.0. The summed E-state index contributed by atoms with van der Waals surface area (Å²) in [5, 5.41) is 3.46. The molecule has 1 aliphatic rings. The summed E-state index contributed by atoms with van der Waals surface area (Å²) in [4.78, 5) is 5.97. The highest BCUT2D eigenvalue weighted by Crippen LogP contribution is 2.23. The fourth-order valence-corrected chi connectivity index (χ4v) is 4.50. The lowest BCUT2D eigenvalue weighted by molar-refractivity contribution is 0.636. The Kier molecular flexibility index (Phi) is 10.0. The molecule has 0 aromatic heterocycles. The smallest absolute Gasteiger partial charge is 0.145 e. The normalized spacial score (nSPS) is 14.5. The highest BCUT2D eigenvalue weighted by molar-refractivity contribution is 7.80. The number of hydrogen-bond donors (Lipinski definition) is 2. The van der Waals surface area contributed by atoms with E-state index in [4.69, 9.17) is 11.4 Å². The molecule has 0 heterocycles. The summed E-state index contributed by atoms with van der Waals surface area (Å²) in [6.45, 7) is 6.29. The van der Waals surface area contributed by atoms with Gasteiger partial charge in [0.2, 0.25) is 0 Å². The predicted octanol–water partition coefficient (Wildman–Crippen LogP) is 8.84. The van der Waals surface area contributed by atoms with E-state index in [0.29, 0.717) is 11.3 Å². The number of rotatable bonds is 10. The number of nitrogens with zero attached hydrogens (tertiary/aromatic N) is 1. The van der Waals surface area contributed by atoms with Crippen LogP contribution in [0.15, 0.2) is 149 Å². The van der Waals surface area contributed by atoms with Crippen LogP contribution in [0.2, 0.25) is 0 Å². The minimum Gasteiger partial charge on any atom is -0.360 e. The number of thiol groups is 1. The third-order valence-corrected chi connectivity index (χ3v) is 6.82. The first kappa shape index (κ1) is 27.8. The average molecular weight is 527 g/mol. The van der Waals surface area contributed by atoms with Crippen LogP contribution in [0, 0.1) is 12.3 Å². The van der Waals surface area contributed by atoms with Crippen LogP contribution in [0.3, 0.4) is 0 Å². The molecule has 1 unspecified atom stereocenters. The van der Waals surface area contributed by atoms with Crippen LogP contribution in [-0.2, 0) is 6.42 Å². The van der Waals surface area contributed by atoms with Gasteiger partial charge in [-0.1, -0.05) is 110 Å². The van der Waals surface area contributed by atoms with Gasteiger partial charge in [0, 0.05) is 21.9 Å². The third-order valence-electron chi connectivity index (χ3n) is 6.52. The van der Waals surface area contributed by atoms with Crippen molar-refractivity contribution < 1.29 is 0 Å². The summed E-state index contributed by atoms with van der Waals surface area (Å²) in [6.07, 6.45) is 21.1. The maximum Gasteiger partial charge on any atom is 0.145 e. The molecule has 39 heavy (non-hydrogen) atoms. The molecule has 2 nitrogen and oxygen atoms in total. The highest BCUT2D eigenvalue weighted by Gasteiger charge is 2.13. The number of terminal acetylenes is 1. The summed E-state index contributed by atoms with van der Waals surface area (Å²) in [6, 6.07) is 26.9. The van der Waals surface area contributed by atoms with Crippen molar-refractivity contribution in [2.75, 3.05) is 0 Å². The second kappa shape index (κ2) is 14.0. The zero-order chi connectivity index (χ0) is 27.5. The van der Waals surface area contributed by atoms with Gasteiger partial charge in [0.1, 0.15) is 6.17 Å². The Morgan fingerprint density at radius 1 is 1.05 bits per heavy atom. The molecule has 4 rings (SSSR count). The minimum atomic E-state index is -0.296. The van der Waals surface area contributed by atoms with Gasteiger partial charge in [-0.05, 0) is 72.2 Å². The largest absolute Gasteiger partial charge is 0.360 e. The van der Waals surface area contributed by atoms with Crippen molar-refractivity contribution in [1.82, 2.24) is 5.32 Å². The van der Waals surface area contributed by atoms with Gasteiger partial charge in [0.15, 0.2) is 0 Å². The van der Waals surface area contributed by atoms with Gasteiger partial charge < -0.3 is 5.32 Å². The van der Waals surface area contributed by atoms with Gasteiger partial charge >= 0.3 is 0 Å². The summed E-state index contributed by atoms with van der Waals surface area (Å²) < 4.78 is 0. The van der Waals surface area contributed by atoms with Gasteiger partial charge in [-0.15, -0.1) is 19.1 Å². The summed E-state index contributed by atoms with van der Waals surface area (Å²) >= 11 is 4.38.